The van der Waals surface area contributed by atoms with Gasteiger partial charge in [-0.15, -0.1) is 0 Å². The molecule has 7 N–H and O–H groups in total. The number of hydrogen-bond acceptors (Lipinski definition) is 9. The standard InChI is InChI=1S/C53H103NO10/c1-3-5-7-9-11-13-15-17-18-19-20-21-22-23-24-25-26-27-29-31-33-35-37-39-48(56)54-44(40-41-46-51(60)53(62)52(61)47(64-46)42-63-43-49(57)58)50(59)45(55)38-36-34-32-30-28-16-14-12-10-8-6-4-2/h44-47,50-53,55,59-62H,3-43H2,1-2H3,(H,54,56)(H,57,58)/t44?,45?,46-,47?,50?,51?,52+,53?/m1/s1. The molecule has 0 spiro atoms. The number of unbranched alkanes of at least 4 members (excludes halogenated alkanes) is 33. The topological polar surface area (TPSA) is 186 Å². The summed E-state index contributed by atoms with van der Waals surface area (Å²) in [6.07, 6.45) is 36.6. The van der Waals surface area contributed by atoms with Crippen LogP contribution in [0.2, 0.25) is 0 Å². The van der Waals surface area contributed by atoms with Crippen LogP contribution in [0.15, 0.2) is 0 Å². The van der Waals surface area contributed by atoms with Gasteiger partial charge in [-0.3, -0.25) is 4.79 Å². The fourth-order valence-corrected chi connectivity index (χ4v) is 9.32. The third-order valence-corrected chi connectivity index (χ3v) is 13.6. The third-order valence-electron chi connectivity index (χ3n) is 13.6. The number of aliphatic carboxylic acids is 1. The minimum absolute atomic E-state index is 0.104. The first-order valence-electron chi connectivity index (χ1n) is 27.3. The van der Waals surface area contributed by atoms with Gasteiger partial charge >= 0.3 is 5.97 Å². The molecule has 8 atom stereocenters. The fraction of sp³-hybridized carbons (Fsp3) is 0.962. The van der Waals surface area contributed by atoms with E-state index in [0.717, 1.165) is 38.5 Å². The van der Waals surface area contributed by atoms with Gasteiger partial charge in [-0.1, -0.05) is 232 Å². The Bertz CT molecular complexity index is 1050. The summed E-state index contributed by atoms with van der Waals surface area (Å²) in [5, 5.41) is 66.0. The van der Waals surface area contributed by atoms with E-state index in [9.17, 15) is 35.1 Å². The average Bonchev–Trinajstić information content (AvgIpc) is 3.28. The van der Waals surface area contributed by atoms with Crippen molar-refractivity contribution in [2.75, 3.05) is 13.2 Å². The highest BCUT2D eigenvalue weighted by atomic mass is 16.6. The summed E-state index contributed by atoms with van der Waals surface area (Å²) in [5.41, 5.74) is 0. The number of ether oxygens (including phenoxy) is 2. The van der Waals surface area contributed by atoms with E-state index >= 15 is 0 Å². The number of nitrogens with one attached hydrogen (secondary N) is 1. The molecular formula is C53H103NO10. The maximum Gasteiger partial charge on any atom is 0.329 e. The Balaban J connectivity index is 2.38. The van der Waals surface area contributed by atoms with Crippen LogP contribution in [0.25, 0.3) is 0 Å². The molecule has 0 aromatic rings. The monoisotopic (exact) mass is 914 g/mol. The lowest BCUT2D eigenvalue weighted by Crippen LogP contribution is -2.59. The van der Waals surface area contributed by atoms with Crippen molar-refractivity contribution in [2.24, 2.45) is 0 Å². The molecule has 0 aliphatic carbocycles. The SMILES string of the molecule is CCCCCCCCCCCCCCCCCCCCCCCCCC(=O)NC(CC[C@H]1OC(COCC(=O)O)[C@H](O)C(O)C1O)C(O)C(O)CCCCCCCCCCCCCC. The molecule has 64 heavy (non-hydrogen) atoms. The van der Waals surface area contributed by atoms with Crippen LogP contribution in [0.4, 0.5) is 0 Å². The van der Waals surface area contributed by atoms with Crippen molar-refractivity contribution in [1.82, 2.24) is 5.32 Å². The van der Waals surface area contributed by atoms with Gasteiger partial charge in [-0.2, -0.15) is 0 Å². The van der Waals surface area contributed by atoms with Crippen LogP contribution < -0.4 is 5.32 Å². The number of amides is 1. The highest BCUT2D eigenvalue weighted by Crippen LogP contribution is 2.26. The molecule has 6 unspecified atom stereocenters. The highest BCUT2D eigenvalue weighted by molar-refractivity contribution is 5.76. The molecule has 1 saturated heterocycles. The van der Waals surface area contributed by atoms with Crippen LogP contribution in [0.1, 0.15) is 264 Å². The second-order valence-electron chi connectivity index (χ2n) is 19.6. The van der Waals surface area contributed by atoms with Gasteiger partial charge in [0.15, 0.2) is 0 Å². The Morgan fingerprint density at radius 1 is 0.500 bits per heavy atom. The summed E-state index contributed by atoms with van der Waals surface area (Å²) < 4.78 is 10.9. The number of carboxylic acid groups (broad SMARTS) is 1. The van der Waals surface area contributed by atoms with Crippen molar-refractivity contribution in [3.8, 4) is 0 Å². The predicted molar refractivity (Wildman–Crippen MR) is 260 cm³/mol. The van der Waals surface area contributed by atoms with Crippen molar-refractivity contribution in [3.05, 3.63) is 0 Å². The van der Waals surface area contributed by atoms with E-state index in [1.54, 1.807) is 0 Å². The van der Waals surface area contributed by atoms with Crippen LogP contribution >= 0.6 is 0 Å². The van der Waals surface area contributed by atoms with Crippen LogP contribution in [-0.2, 0) is 19.1 Å². The molecule has 11 nitrogen and oxygen atoms in total. The van der Waals surface area contributed by atoms with Gasteiger partial charge in [0.25, 0.3) is 0 Å². The minimum atomic E-state index is -1.55. The van der Waals surface area contributed by atoms with Gasteiger partial charge in [0.1, 0.15) is 31.0 Å². The van der Waals surface area contributed by atoms with Crippen molar-refractivity contribution in [2.45, 2.75) is 313 Å². The zero-order valence-electron chi connectivity index (χ0n) is 41.4. The molecule has 0 radical (unpaired) electrons. The number of aliphatic hydroxyl groups excluding tert-OH is 5. The second-order valence-corrected chi connectivity index (χ2v) is 19.6. The second kappa shape index (κ2) is 43.0. The van der Waals surface area contributed by atoms with Gasteiger partial charge < -0.3 is 45.4 Å². The lowest BCUT2D eigenvalue weighted by molar-refractivity contribution is -0.234. The van der Waals surface area contributed by atoms with Gasteiger partial charge in [0.2, 0.25) is 5.91 Å². The Morgan fingerprint density at radius 2 is 0.859 bits per heavy atom. The number of carboxylic acids is 1. The quantitative estimate of drug-likeness (QED) is 0.0290. The van der Waals surface area contributed by atoms with E-state index in [1.165, 1.54) is 186 Å². The minimum Gasteiger partial charge on any atom is -0.480 e. The van der Waals surface area contributed by atoms with E-state index in [2.05, 4.69) is 19.2 Å². The van der Waals surface area contributed by atoms with Crippen LogP contribution in [0.3, 0.4) is 0 Å². The molecule has 1 aliphatic rings. The zero-order chi connectivity index (χ0) is 46.9. The molecule has 0 aromatic heterocycles. The molecule has 1 fully saturated rings. The number of rotatable bonds is 47. The Hall–Kier alpha value is -1.34. The van der Waals surface area contributed by atoms with Gasteiger partial charge in [0, 0.05) is 6.42 Å². The van der Waals surface area contributed by atoms with Crippen LogP contribution in [0.5, 0.6) is 0 Å². The summed E-state index contributed by atoms with van der Waals surface area (Å²) in [7, 11) is 0. The first-order chi connectivity index (χ1) is 31.1. The molecule has 1 aliphatic heterocycles. The van der Waals surface area contributed by atoms with Crippen molar-refractivity contribution < 1.29 is 49.7 Å². The largest absolute Gasteiger partial charge is 0.480 e. The third kappa shape index (κ3) is 33.2. The maximum absolute atomic E-state index is 13.2. The lowest BCUT2D eigenvalue weighted by Gasteiger charge is -2.41. The first kappa shape index (κ1) is 60.7. The molecule has 0 saturated carbocycles. The maximum atomic E-state index is 13.2. The average molecular weight is 914 g/mol. The summed E-state index contributed by atoms with van der Waals surface area (Å²) in [4.78, 5) is 24.1. The smallest absolute Gasteiger partial charge is 0.329 e. The van der Waals surface area contributed by atoms with E-state index < -0.39 is 61.3 Å². The molecule has 11 heteroatoms. The molecule has 1 amide bonds. The number of hydrogen-bond donors (Lipinski definition) is 7. The van der Waals surface area contributed by atoms with Crippen molar-refractivity contribution in [3.63, 3.8) is 0 Å². The van der Waals surface area contributed by atoms with Gasteiger partial charge in [-0.05, 0) is 25.7 Å². The van der Waals surface area contributed by atoms with E-state index in [1.807, 2.05) is 0 Å². The summed E-state index contributed by atoms with van der Waals surface area (Å²) in [5.74, 6) is -1.39. The van der Waals surface area contributed by atoms with E-state index in [-0.39, 0.29) is 25.4 Å². The fourth-order valence-electron chi connectivity index (χ4n) is 9.32. The summed E-state index contributed by atoms with van der Waals surface area (Å²) >= 11 is 0. The highest BCUT2D eigenvalue weighted by Gasteiger charge is 2.44. The first-order valence-corrected chi connectivity index (χ1v) is 27.3. The molecule has 0 bridgehead atoms. The molecule has 1 rings (SSSR count). The van der Waals surface area contributed by atoms with Crippen molar-refractivity contribution >= 4 is 11.9 Å². The van der Waals surface area contributed by atoms with Gasteiger partial charge in [0.05, 0.1) is 31.0 Å². The zero-order valence-corrected chi connectivity index (χ0v) is 41.4. The molecule has 1 heterocycles. The predicted octanol–water partition coefficient (Wildman–Crippen LogP) is 11.4. The number of carbonyl (C=O) groups is 2. The molecule has 0 aromatic carbocycles. The van der Waals surface area contributed by atoms with Crippen LogP contribution in [0, 0.1) is 0 Å². The number of aliphatic hydroxyl groups is 5. The van der Waals surface area contributed by atoms with Crippen molar-refractivity contribution in [1.29, 1.82) is 0 Å². The van der Waals surface area contributed by atoms with E-state index in [4.69, 9.17) is 14.6 Å². The molecular weight excluding hydrogens is 811 g/mol. The Labute approximate surface area is 392 Å². The normalized spacial score (nSPS) is 20.3. The van der Waals surface area contributed by atoms with E-state index in [0.29, 0.717) is 12.8 Å². The Morgan fingerprint density at radius 3 is 1.25 bits per heavy atom. The summed E-state index contributed by atoms with van der Waals surface area (Å²) in [6.45, 7) is 3.62. The van der Waals surface area contributed by atoms with Gasteiger partial charge in [-0.25, -0.2) is 4.79 Å². The van der Waals surface area contributed by atoms with Crippen LogP contribution in [-0.4, -0.2) is 104 Å². The summed E-state index contributed by atoms with van der Waals surface area (Å²) in [6, 6.07) is -0.814. The Kier molecular flexibility index (Phi) is 40.7. The number of carbonyl (C=O) groups excluding carboxylic acids is 1. The lowest BCUT2D eigenvalue weighted by atomic mass is 9.90. The molecule has 380 valence electrons.